The van der Waals surface area contributed by atoms with Crippen molar-refractivity contribution in [3.63, 3.8) is 0 Å². The van der Waals surface area contributed by atoms with Gasteiger partial charge in [0, 0.05) is 5.56 Å². The van der Waals surface area contributed by atoms with E-state index in [1.807, 2.05) is 0 Å². The Morgan fingerprint density at radius 3 is 1.65 bits per heavy atom. The number of benzene rings is 2. The zero-order chi connectivity index (χ0) is 12.6. The predicted octanol–water partition coefficient (Wildman–Crippen LogP) is 5.59. The Hall–Kier alpha value is -0.830. The van der Waals surface area contributed by atoms with Crippen LogP contribution in [0.2, 0.25) is 15.1 Å². The summed E-state index contributed by atoms with van der Waals surface area (Å²) in [5.74, 6) is -2.01. The Kier molecular flexibility index (Phi) is 3.57. The van der Waals surface area contributed by atoms with Gasteiger partial charge >= 0.3 is 0 Å². The maximum atomic E-state index is 13.6. The lowest BCUT2D eigenvalue weighted by molar-refractivity contribution is 0.585. The molecule has 0 radical (unpaired) electrons. The van der Waals surface area contributed by atoms with E-state index in [1.165, 1.54) is 0 Å². The topological polar surface area (TPSA) is 0 Å². The van der Waals surface area contributed by atoms with Crippen LogP contribution in [-0.2, 0) is 0 Å². The molecule has 88 valence electrons. The molecule has 0 spiro atoms. The smallest absolute Gasteiger partial charge is 0.164 e. The Labute approximate surface area is 112 Å². The summed E-state index contributed by atoms with van der Waals surface area (Å²) < 4.78 is 27.1. The van der Waals surface area contributed by atoms with Gasteiger partial charge in [0.05, 0.1) is 10.0 Å². The van der Waals surface area contributed by atoms with E-state index in [-0.39, 0.29) is 15.6 Å². The van der Waals surface area contributed by atoms with Crippen molar-refractivity contribution in [2.75, 3.05) is 0 Å². The largest absolute Gasteiger partial charge is 0.204 e. The van der Waals surface area contributed by atoms with Crippen LogP contribution in [0.25, 0.3) is 11.1 Å². The van der Waals surface area contributed by atoms with Gasteiger partial charge in [0.25, 0.3) is 0 Å². The molecule has 0 amide bonds. The average Bonchev–Trinajstić information content (AvgIpc) is 2.36. The molecule has 0 aliphatic carbocycles. The van der Waals surface area contributed by atoms with Crippen LogP contribution in [0.3, 0.4) is 0 Å². The van der Waals surface area contributed by atoms with Gasteiger partial charge in [0.2, 0.25) is 0 Å². The third-order valence-electron chi connectivity index (χ3n) is 2.27. The predicted molar refractivity (Wildman–Crippen MR) is 66.8 cm³/mol. The summed E-state index contributed by atoms with van der Waals surface area (Å²) in [4.78, 5) is 0. The fourth-order valence-electron chi connectivity index (χ4n) is 1.46. The molecule has 5 heteroatoms. The normalized spacial score (nSPS) is 10.6. The maximum Gasteiger partial charge on any atom is 0.164 e. The van der Waals surface area contributed by atoms with Crippen molar-refractivity contribution in [1.29, 1.82) is 0 Å². The van der Waals surface area contributed by atoms with Crippen molar-refractivity contribution in [2.45, 2.75) is 0 Å². The van der Waals surface area contributed by atoms with Crippen molar-refractivity contribution in [3.05, 3.63) is 57.0 Å². The minimum absolute atomic E-state index is 0.105. The molecule has 2 aromatic rings. The third-order valence-corrected chi connectivity index (χ3v) is 3.31. The van der Waals surface area contributed by atoms with Crippen molar-refractivity contribution in [1.82, 2.24) is 0 Å². The molecule has 0 saturated heterocycles. The summed E-state index contributed by atoms with van der Waals surface area (Å²) in [5, 5.41) is -1.26. The molecule has 2 rings (SSSR count). The summed E-state index contributed by atoms with van der Waals surface area (Å²) in [5.41, 5.74) is 0.630. The van der Waals surface area contributed by atoms with Crippen molar-refractivity contribution in [2.24, 2.45) is 0 Å². The zero-order valence-corrected chi connectivity index (χ0v) is 10.5. The monoisotopic (exact) mass is 292 g/mol. The molecule has 17 heavy (non-hydrogen) atoms. The van der Waals surface area contributed by atoms with Crippen LogP contribution in [0.5, 0.6) is 0 Å². The second-order valence-electron chi connectivity index (χ2n) is 3.31. The van der Waals surface area contributed by atoms with E-state index >= 15 is 0 Å². The number of halogens is 5. The van der Waals surface area contributed by atoms with E-state index < -0.39 is 16.7 Å². The molecular formula is C12H5Cl3F2. The van der Waals surface area contributed by atoms with Crippen molar-refractivity contribution >= 4 is 34.8 Å². The molecule has 0 aliphatic heterocycles. The van der Waals surface area contributed by atoms with Crippen LogP contribution < -0.4 is 0 Å². The van der Waals surface area contributed by atoms with Gasteiger partial charge in [0.1, 0.15) is 5.02 Å². The van der Waals surface area contributed by atoms with E-state index in [4.69, 9.17) is 34.8 Å². The van der Waals surface area contributed by atoms with Gasteiger partial charge in [-0.25, -0.2) is 8.78 Å². The molecule has 0 fully saturated rings. The lowest BCUT2D eigenvalue weighted by Gasteiger charge is -2.10. The highest BCUT2D eigenvalue weighted by Gasteiger charge is 2.22. The summed E-state index contributed by atoms with van der Waals surface area (Å²) in [6, 6.07) is 8.51. The molecule has 0 heterocycles. The molecule has 0 nitrogen and oxygen atoms in total. The Bertz CT molecular complexity index is 539. The molecule has 2 aromatic carbocycles. The van der Waals surface area contributed by atoms with Gasteiger partial charge < -0.3 is 0 Å². The second kappa shape index (κ2) is 4.81. The molecule has 0 bridgehead atoms. The third kappa shape index (κ3) is 2.13. The van der Waals surface area contributed by atoms with Crippen LogP contribution in [-0.4, -0.2) is 0 Å². The molecule has 0 aliphatic rings. The summed E-state index contributed by atoms with van der Waals surface area (Å²) in [6.07, 6.45) is 0. The Balaban J connectivity index is 2.80. The second-order valence-corrected chi connectivity index (χ2v) is 4.44. The molecule has 0 saturated carbocycles. The van der Waals surface area contributed by atoms with Gasteiger partial charge in [0.15, 0.2) is 11.6 Å². The molecular weight excluding hydrogens is 288 g/mol. The SMILES string of the molecule is Fc1c(Cl)c(F)c(Cl)c(-c2ccccc2)c1Cl. The van der Waals surface area contributed by atoms with E-state index in [1.54, 1.807) is 30.3 Å². The maximum absolute atomic E-state index is 13.6. The van der Waals surface area contributed by atoms with E-state index in [0.717, 1.165) is 0 Å². The molecule has 0 unspecified atom stereocenters. The molecule has 0 aromatic heterocycles. The van der Waals surface area contributed by atoms with Gasteiger partial charge in [-0.05, 0) is 5.56 Å². The summed E-state index contributed by atoms with van der Waals surface area (Å²) >= 11 is 17.0. The molecule has 0 atom stereocenters. The number of rotatable bonds is 1. The minimum atomic E-state index is -1.01. The lowest BCUT2D eigenvalue weighted by Crippen LogP contribution is -1.92. The van der Waals surface area contributed by atoms with Gasteiger partial charge in [-0.2, -0.15) is 0 Å². The molecule has 0 N–H and O–H groups in total. The van der Waals surface area contributed by atoms with Crippen LogP contribution in [0.15, 0.2) is 30.3 Å². The van der Waals surface area contributed by atoms with E-state index in [9.17, 15) is 8.78 Å². The lowest BCUT2D eigenvalue weighted by atomic mass is 10.1. The minimum Gasteiger partial charge on any atom is -0.204 e. The van der Waals surface area contributed by atoms with Crippen molar-refractivity contribution < 1.29 is 8.78 Å². The van der Waals surface area contributed by atoms with Crippen LogP contribution in [0.4, 0.5) is 8.78 Å². The van der Waals surface area contributed by atoms with Gasteiger partial charge in [-0.1, -0.05) is 65.1 Å². The van der Waals surface area contributed by atoms with Crippen LogP contribution in [0.1, 0.15) is 0 Å². The van der Waals surface area contributed by atoms with Crippen molar-refractivity contribution in [3.8, 4) is 11.1 Å². The quantitative estimate of drug-likeness (QED) is 0.475. The fourth-order valence-corrected chi connectivity index (χ4v) is 2.39. The number of hydrogen-bond donors (Lipinski definition) is 0. The first-order valence-corrected chi connectivity index (χ1v) is 5.74. The van der Waals surface area contributed by atoms with Crippen LogP contribution >= 0.6 is 34.8 Å². The first kappa shape index (κ1) is 12.6. The number of hydrogen-bond acceptors (Lipinski definition) is 0. The van der Waals surface area contributed by atoms with E-state index in [2.05, 4.69) is 0 Å². The summed E-state index contributed by atoms with van der Waals surface area (Å²) in [6.45, 7) is 0. The first-order chi connectivity index (χ1) is 8.04. The van der Waals surface area contributed by atoms with Crippen LogP contribution in [0, 0.1) is 11.6 Å². The van der Waals surface area contributed by atoms with Gasteiger partial charge in [-0.15, -0.1) is 0 Å². The average molecular weight is 294 g/mol. The summed E-state index contributed by atoms with van der Waals surface area (Å²) in [7, 11) is 0. The first-order valence-electron chi connectivity index (χ1n) is 4.61. The van der Waals surface area contributed by atoms with E-state index in [0.29, 0.717) is 5.56 Å². The Morgan fingerprint density at radius 1 is 0.706 bits per heavy atom. The fraction of sp³-hybridized carbons (Fsp3) is 0. The standard InChI is InChI=1S/C12H5Cl3F2/c13-8-7(6-4-2-1-3-5-6)9(14)12(17)10(15)11(8)16/h1-5H. The highest BCUT2D eigenvalue weighted by atomic mass is 35.5. The zero-order valence-electron chi connectivity index (χ0n) is 8.28. The van der Waals surface area contributed by atoms with Gasteiger partial charge in [-0.3, -0.25) is 0 Å². The highest BCUT2D eigenvalue weighted by Crippen LogP contribution is 2.41. The Morgan fingerprint density at radius 2 is 1.18 bits per heavy atom. The highest BCUT2D eigenvalue weighted by molar-refractivity contribution is 6.42.